The van der Waals surface area contributed by atoms with Gasteiger partial charge in [-0.15, -0.1) is 0 Å². The molecule has 0 unspecified atom stereocenters. The molecule has 0 radical (unpaired) electrons. The average molecular weight is 574 g/mol. The van der Waals surface area contributed by atoms with Gasteiger partial charge in [0.2, 0.25) is 0 Å². The Labute approximate surface area is 244 Å². The van der Waals surface area contributed by atoms with Gasteiger partial charge in [-0.25, -0.2) is 15.0 Å². The van der Waals surface area contributed by atoms with Crippen LogP contribution in [0, 0.1) is 20.8 Å². The zero-order valence-electron chi connectivity index (χ0n) is 24.5. The van der Waals surface area contributed by atoms with E-state index in [0.29, 0.717) is 22.8 Å². The van der Waals surface area contributed by atoms with E-state index in [4.69, 9.17) is 14.2 Å². The number of rotatable bonds is 10. The third-order valence-electron chi connectivity index (χ3n) is 6.86. The third kappa shape index (κ3) is 6.46. The van der Waals surface area contributed by atoms with E-state index in [1.807, 2.05) is 32.0 Å². The number of amides is 3. The van der Waals surface area contributed by atoms with E-state index < -0.39 is 23.9 Å². The van der Waals surface area contributed by atoms with Crippen molar-refractivity contribution < 1.29 is 28.6 Å². The van der Waals surface area contributed by atoms with Crippen LogP contribution < -0.4 is 25.5 Å². The summed E-state index contributed by atoms with van der Waals surface area (Å²) in [5.41, 5.74) is 8.93. The molecule has 11 nitrogen and oxygen atoms in total. The van der Waals surface area contributed by atoms with Crippen LogP contribution in [0.1, 0.15) is 48.0 Å². The van der Waals surface area contributed by atoms with Crippen LogP contribution in [0.5, 0.6) is 11.5 Å². The van der Waals surface area contributed by atoms with Gasteiger partial charge in [0, 0.05) is 28.3 Å². The molecule has 11 heteroatoms. The van der Waals surface area contributed by atoms with Crippen molar-refractivity contribution in [3.63, 3.8) is 0 Å². The van der Waals surface area contributed by atoms with Gasteiger partial charge in [-0.3, -0.25) is 4.79 Å². The zero-order chi connectivity index (χ0) is 30.4. The van der Waals surface area contributed by atoms with Crippen LogP contribution in [0.4, 0.5) is 4.79 Å². The van der Waals surface area contributed by atoms with Gasteiger partial charge in [0.25, 0.3) is 5.91 Å². The molecule has 0 aliphatic carbocycles. The van der Waals surface area contributed by atoms with Crippen molar-refractivity contribution in [1.29, 1.82) is 0 Å². The second-order valence-corrected chi connectivity index (χ2v) is 9.73. The smallest absolute Gasteiger partial charge is 0.338 e. The summed E-state index contributed by atoms with van der Waals surface area (Å²) >= 11 is 0. The fraction of sp³-hybridized carbons (Fsp3) is 0.290. The normalized spacial score (nSPS) is 14.8. The largest absolute Gasteiger partial charge is 0.493 e. The van der Waals surface area contributed by atoms with Crippen molar-refractivity contribution in [2.45, 2.75) is 40.7 Å². The Hall–Kier alpha value is -5.06. The van der Waals surface area contributed by atoms with E-state index in [9.17, 15) is 14.4 Å². The number of carbonyl (C=O) groups is 3. The predicted molar refractivity (Wildman–Crippen MR) is 158 cm³/mol. The number of para-hydroxylation sites is 1. The minimum absolute atomic E-state index is 0.192. The fourth-order valence-electron chi connectivity index (χ4n) is 4.86. The molecule has 4 rings (SSSR count). The van der Waals surface area contributed by atoms with Crippen LogP contribution >= 0.6 is 0 Å². The van der Waals surface area contributed by atoms with Crippen LogP contribution in [0.3, 0.4) is 0 Å². The second-order valence-electron chi connectivity index (χ2n) is 9.73. The molecule has 0 spiro atoms. The van der Waals surface area contributed by atoms with Crippen molar-refractivity contribution in [1.82, 2.24) is 20.6 Å². The molecular formula is C31H35N5O6. The quantitative estimate of drug-likeness (QED) is 0.190. The molecule has 3 amide bonds. The number of aryl methyl sites for hydroxylation is 2. The highest BCUT2D eigenvalue weighted by atomic mass is 16.5. The van der Waals surface area contributed by atoms with Gasteiger partial charge in [0.1, 0.15) is 0 Å². The summed E-state index contributed by atoms with van der Waals surface area (Å²) in [7, 11) is 1.46. The maximum absolute atomic E-state index is 12.6. The lowest BCUT2D eigenvalue weighted by atomic mass is 9.95. The number of aromatic nitrogens is 1. The number of hydrogen-bond donors (Lipinski definition) is 3. The van der Waals surface area contributed by atoms with E-state index in [0.717, 1.165) is 28.2 Å². The molecule has 1 aromatic heterocycles. The van der Waals surface area contributed by atoms with Gasteiger partial charge >= 0.3 is 12.0 Å². The summed E-state index contributed by atoms with van der Waals surface area (Å²) in [5.74, 6) is -0.373. The fourth-order valence-corrected chi connectivity index (χ4v) is 4.86. The lowest BCUT2D eigenvalue weighted by molar-refractivity contribution is -0.139. The molecular weight excluding hydrogens is 538 g/mol. The van der Waals surface area contributed by atoms with Crippen LogP contribution in [0.15, 0.2) is 64.9 Å². The van der Waals surface area contributed by atoms with Crippen molar-refractivity contribution >= 4 is 24.1 Å². The number of ether oxygens (including phenoxy) is 3. The molecule has 1 aliphatic rings. The van der Waals surface area contributed by atoms with E-state index in [2.05, 4.69) is 44.8 Å². The monoisotopic (exact) mass is 573 g/mol. The topological polar surface area (TPSA) is 132 Å². The minimum Gasteiger partial charge on any atom is -0.493 e. The summed E-state index contributed by atoms with van der Waals surface area (Å²) in [6.07, 6.45) is 1.61. The molecule has 1 aliphatic heterocycles. The van der Waals surface area contributed by atoms with Crippen LogP contribution in [0.25, 0.3) is 5.69 Å². The van der Waals surface area contributed by atoms with Gasteiger partial charge in [0.15, 0.2) is 18.1 Å². The Bertz CT molecular complexity index is 1570. The maximum atomic E-state index is 12.6. The number of hydrazone groups is 1. The Kier molecular flexibility index (Phi) is 9.31. The standard InChI is InChI=1S/C31H35N5O6/c1-7-41-30(38)28-20(4)33-31(39)34-29(28)22-12-13-25(26(15-22)40-6)42-17-27(37)35-32-16-23-14-19(3)36(21(23)5)24-11-9-8-10-18(24)2/h8-16,29H,7,17H2,1-6H3,(H,35,37)(H2,33,34,39)/b32-16-/t29-/m0/s1. The van der Waals surface area contributed by atoms with Gasteiger partial charge in [-0.1, -0.05) is 24.3 Å². The van der Waals surface area contributed by atoms with E-state index in [-0.39, 0.29) is 18.8 Å². The predicted octanol–water partition coefficient (Wildman–Crippen LogP) is 4.13. The highest BCUT2D eigenvalue weighted by Gasteiger charge is 2.32. The summed E-state index contributed by atoms with van der Waals surface area (Å²) < 4.78 is 18.5. The second kappa shape index (κ2) is 13.1. The number of nitrogens with zero attached hydrogens (tertiary/aromatic N) is 2. The molecule has 1 atom stereocenters. The average Bonchev–Trinajstić information content (AvgIpc) is 3.23. The van der Waals surface area contributed by atoms with E-state index in [1.165, 1.54) is 7.11 Å². The zero-order valence-corrected chi connectivity index (χ0v) is 24.5. The first-order chi connectivity index (χ1) is 20.1. The van der Waals surface area contributed by atoms with Crippen LogP contribution in [-0.2, 0) is 14.3 Å². The van der Waals surface area contributed by atoms with Gasteiger partial charge in [-0.2, -0.15) is 5.10 Å². The van der Waals surface area contributed by atoms with E-state index >= 15 is 0 Å². The van der Waals surface area contributed by atoms with Crippen LogP contribution in [-0.4, -0.2) is 49.0 Å². The van der Waals surface area contributed by atoms with Crippen molar-refractivity contribution in [3.8, 4) is 17.2 Å². The summed E-state index contributed by atoms with van der Waals surface area (Å²) in [6.45, 7) is 9.31. The molecule has 0 bridgehead atoms. The number of hydrogen-bond acceptors (Lipinski definition) is 7. The van der Waals surface area contributed by atoms with Crippen LogP contribution in [0.2, 0.25) is 0 Å². The van der Waals surface area contributed by atoms with Gasteiger partial charge in [0.05, 0.1) is 31.5 Å². The van der Waals surface area contributed by atoms with Crippen molar-refractivity contribution in [2.75, 3.05) is 20.3 Å². The number of carbonyl (C=O) groups excluding carboxylic acids is 3. The highest BCUT2D eigenvalue weighted by molar-refractivity contribution is 5.95. The molecule has 0 saturated heterocycles. The molecule has 2 heterocycles. The minimum atomic E-state index is -0.758. The Morgan fingerprint density at radius 1 is 1.07 bits per heavy atom. The molecule has 3 aromatic rings. The van der Waals surface area contributed by atoms with Crippen molar-refractivity contribution in [2.24, 2.45) is 5.10 Å². The lowest BCUT2D eigenvalue weighted by Gasteiger charge is -2.28. The SMILES string of the molecule is CCOC(=O)C1=C(C)NC(=O)N[C@H]1c1ccc(OCC(=O)N/N=C\c2cc(C)n(-c3ccccc3C)c2C)c(OC)c1. The summed E-state index contributed by atoms with van der Waals surface area (Å²) in [4.78, 5) is 37.2. The van der Waals surface area contributed by atoms with Gasteiger partial charge in [-0.05, 0) is 70.0 Å². The molecule has 0 fully saturated rings. The number of nitrogens with one attached hydrogen (secondary N) is 3. The first-order valence-electron chi connectivity index (χ1n) is 13.5. The first kappa shape index (κ1) is 29.9. The molecule has 2 aromatic carbocycles. The van der Waals surface area contributed by atoms with Gasteiger partial charge < -0.3 is 29.4 Å². The van der Waals surface area contributed by atoms with E-state index in [1.54, 1.807) is 38.3 Å². The van der Waals surface area contributed by atoms with Crippen molar-refractivity contribution in [3.05, 3.63) is 87.9 Å². The Morgan fingerprint density at radius 3 is 2.55 bits per heavy atom. The number of benzene rings is 2. The summed E-state index contributed by atoms with van der Waals surface area (Å²) in [5, 5.41) is 9.46. The highest BCUT2D eigenvalue weighted by Crippen LogP contribution is 2.34. The lowest BCUT2D eigenvalue weighted by Crippen LogP contribution is -2.45. The molecule has 220 valence electrons. The molecule has 0 saturated carbocycles. The first-order valence-corrected chi connectivity index (χ1v) is 13.5. The number of esters is 1. The number of urea groups is 1. The maximum Gasteiger partial charge on any atom is 0.338 e. The summed E-state index contributed by atoms with van der Waals surface area (Å²) in [6, 6.07) is 13.9. The molecule has 42 heavy (non-hydrogen) atoms. The third-order valence-corrected chi connectivity index (χ3v) is 6.86. The number of allylic oxidation sites excluding steroid dienone is 1. The molecule has 3 N–H and O–H groups in total. The Balaban J connectivity index is 1.42. The number of methoxy groups -OCH3 is 1. The Morgan fingerprint density at radius 2 is 1.83 bits per heavy atom.